The molecule has 1 aliphatic rings. The summed E-state index contributed by atoms with van der Waals surface area (Å²) in [5.74, 6) is 0.109. The van der Waals surface area contributed by atoms with Crippen LogP contribution >= 0.6 is 0 Å². The maximum absolute atomic E-state index is 11.0. The van der Waals surface area contributed by atoms with Crippen molar-refractivity contribution in [2.75, 3.05) is 5.32 Å². The van der Waals surface area contributed by atoms with Crippen LogP contribution in [-0.4, -0.2) is 5.91 Å². The van der Waals surface area contributed by atoms with Gasteiger partial charge in [-0.3, -0.25) is 4.79 Å². The van der Waals surface area contributed by atoms with Crippen molar-refractivity contribution in [1.29, 1.82) is 0 Å². The molecule has 0 aromatic heterocycles. The molecule has 0 bridgehead atoms. The van der Waals surface area contributed by atoms with E-state index < -0.39 is 0 Å². The van der Waals surface area contributed by atoms with Crippen molar-refractivity contribution in [2.45, 2.75) is 19.8 Å². The average molecular weight is 163 g/mol. The van der Waals surface area contributed by atoms with E-state index in [1.165, 1.54) is 5.56 Å². The molecule has 2 heteroatoms. The summed E-state index contributed by atoms with van der Waals surface area (Å²) in [5, 5.41) is 2.83. The van der Waals surface area contributed by atoms with Crippen molar-refractivity contribution in [3.05, 3.63) is 29.3 Å². The topological polar surface area (TPSA) is 29.1 Å². The van der Waals surface area contributed by atoms with Gasteiger partial charge in [0.1, 0.15) is 0 Å². The molecule has 2 rings (SSSR count). The molecule has 1 aromatic rings. The summed E-state index contributed by atoms with van der Waals surface area (Å²) < 4.78 is 0. The van der Waals surface area contributed by atoms with Crippen molar-refractivity contribution in [3.63, 3.8) is 0 Å². The number of anilines is 1. The molecule has 0 unspecified atom stereocenters. The Balaban J connectivity index is 0.000000845. The van der Waals surface area contributed by atoms with Gasteiger partial charge in [0.05, 0.1) is 6.42 Å². The zero-order chi connectivity index (χ0) is 8.55. The molecule has 12 heavy (non-hydrogen) atoms. The quantitative estimate of drug-likeness (QED) is 0.674. The third-order valence-corrected chi connectivity index (χ3v) is 2.21. The highest BCUT2D eigenvalue weighted by atomic mass is 16.1. The van der Waals surface area contributed by atoms with E-state index in [1.54, 1.807) is 0 Å². The number of hydrogen-bond donors (Lipinski definition) is 1. The lowest BCUT2D eigenvalue weighted by Crippen LogP contribution is -2.03. The number of amides is 1. The van der Waals surface area contributed by atoms with E-state index in [1.807, 2.05) is 6.07 Å². The maximum atomic E-state index is 11.0. The minimum atomic E-state index is 0. The molecule has 0 spiro atoms. The molecule has 0 saturated carbocycles. The number of aryl methyl sites for hydroxylation is 1. The Labute approximate surface area is 73.1 Å². The van der Waals surface area contributed by atoms with Gasteiger partial charge in [-0.2, -0.15) is 0 Å². The van der Waals surface area contributed by atoms with Crippen LogP contribution in [0.2, 0.25) is 0 Å². The fourth-order valence-corrected chi connectivity index (χ4v) is 1.48. The highest BCUT2D eigenvalue weighted by Gasteiger charge is 2.16. The Kier molecular flexibility index (Phi) is 1.61. The standard InChI is InChI=1S/C10H11NO.H2/c1-2-7-3-4-8-6-10(12)11-9(8)5-7;/h3-5H,2,6H2,1H3,(H,11,12);1H. The number of fused-ring (bicyclic) bond motifs is 1. The second-order valence-corrected chi connectivity index (χ2v) is 3.07. The first-order valence-electron chi connectivity index (χ1n) is 4.21. The van der Waals surface area contributed by atoms with Gasteiger partial charge in [-0.15, -0.1) is 0 Å². The summed E-state index contributed by atoms with van der Waals surface area (Å²) in [4.78, 5) is 11.0. The molecule has 1 heterocycles. The lowest BCUT2D eigenvalue weighted by Gasteiger charge is -2.00. The number of hydrogen-bond acceptors (Lipinski definition) is 1. The van der Waals surface area contributed by atoms with E-state index >= 15 is 0 Å². The third-order valence-electron chi connectivity index (χ3n) is 2.21. The van der Waals surface area contributed by atoms with Crippen molar-refractivity contribution in [1.82, 2.24) is 0 Å². The predicted molar refractivity (Wildman–Crippen MR) is 50.3 cm³/mol. The molecule has 2 nitrogen and oxygen atoms in total. The molecule has 64 valence electrons. The minimum absolute atomic E-state index is 0. The highest BCUT2D eigenvalue weighted by molar-refractivity contribution is 5.99. The first-order chi connectivity index (χ1) is 5.79. The lowest BCUT2D eigenvalue weighted by atomic mass is 10.1. The van der Waals surface area contributed by atoms with E-state index in [2.05, 4.69) is 24.4 Å². The number of rotatable bonds is 1. The smallest absolute Gasteiger partial charge is 0.228 e. The Morgan fingerprint density at radius 1 is 1.58 bits per heavy atom. The Hall–Kier alpha value is -1.31. The van der Waals surface area contributed by atoms with Gasteiger partial charge >= 0.3 is 0 Å². The van der Waals surface area contributed by atoms with E-state index in [4.69, 9.17) is 0 Å². The highest BCUT2D eigenvalue weighted by Crippen LogP contribution is 2.23. The third kappa shape index (κ3) is 1.09. The van der Waals surface area contributed by atoms with Crippen molar-refractivity contribution in [3.8, 4) is 0 Å². The van der Waals surface area contributed by atoms with Gasteiger partial charge < -0.3 is 5.32 Å². The molecule has 1 N–H and O–H groups in total. The first-order valence-corrected chi connectivity index (χ1v) is 4.21. The van der Waals surface area contributed by atoms with Gasteiger partial charge in [0, 0.05) is 7.11 Å². The molecule has 1 aliphatic heterocycles. The summed E-state index contributed by atoms with van der Waals surface area (Å²) >= 11 is 0. The number of nitrogens with one attached hydrogen (secondary N) is 1. The normalized spacial score (nSPS) is 14.2. The molecule has 0 fully saturated rings. The average Bonchev–Trinajstić information content (AvgIpc) is 2.43. The number of carbonyl (C=O) groups is 1. The maximum Gasteiger partial charge on any atom is 0.228 e. The zero-order valence-electron chi connectivity index (χ0n) is 7.05. The van der Waals surface area contributed by atoms with E-state index in [0.717, 1.165) is 17.7 Å². The van der Waals surface area contributed by atoms with E-state index in [0.29, 0.717) is 6.42 Å². The zero-order valence-corrected chi connectivity index (χ0v) is 7.05. The van der Waals surface area contributed by atoms with Crippen LogP contribution < -0.4 is 5.32 Å². The predicted octanol–water partition coefficient (Wildman–Crippen LogP) is 1.99. The SMILES string of the molecule is CCc1ccc2c(c1)NC(=O)C2.[HH]. The second kappa shape index (κ2) is 2.63. The van der Waals surface area contributed by atoms with Crippen molar-refractivity contribution < 1.29 is 6.22 Å². The minimum Gasteiger partial charge on any atom is -0.326 e. The van der Waals surface area contributed by atoms with Gasteiger partial charge in [0.25, 0.3) is 0 Å². The van der Waals surface area contributed by atoms with Crippen LogP contribution in [0.3, 0.4) is 0 Å². The molecule has 1 aromatic carbocycles. The Morgan fingerprint density at radius 2 is 2.42 bits per heavy atom. The first kappa shape index (κ1) is 7.35. The Morgan fingerprint density at radius 3 is 3.17 bits per heavy atom. The van der Waals surface area contributed by atoms with Crippen LogP contribution in [0.15, 0.2) is 18.2 Å². The van der Waals surface area contributed by atoms with Gasteiger partial charge in [0.15, 0.2) is 0 Å². The van der Waals surface area contributed by atoms with Crippen LogP contribution in [0.4, 0.5) is 5.69 Å². The molecule has 0 radical (unpaired) electrons. The van der Waals surface area contributed by atoms with Crippen molar-refractivity contribution in [2.24, 2.45) is 0 Å². The summed E-state index contributed by atoms with van der Waals surface area (Å²) in [6.07, 6.45) is 1.56. The van der Waals surface area contributed by atoms with Crippen LogP contribution in [0.25, 0.3) is 0 Å². The molecule has 0 saturated heterocycles. The monoisotopic (exact) mass is 163 g/mol. The Bertz CT molecular complexity index is 336. The van der Waals surface area contributed by atoms with Crippen LogP contribution in [0, 0.1) is 0 Å². The second-order valence-electron chi connectivity index (χ2n) is 3.07. The summed E-state index contributed by atoms with van der Waals surface area (Å²) in [6.45, 7) is 2.11. The van der Waals surface area contributed by atoms with Crippen LogP contribution in [-0.2, 0) is 17.6 Å². The van der Waals surface area contributed by atoms with E-state index in [9.17, 15) is 4.79 Å². The van der Waals surface area contributed by atoms with Crippen LogP contribution in [0.1, 0.15) is 19.5 Å². The molecule has 1 amide bonds. The largest absolute Gasteiger partial charge is 0.326 e. The van der Waals surface area contributed by atoms with Gasteiger partial charge in [0.2, 0.25) is 5.91 Å². The molecular weight excluding hydrogens is 150 g/mol. The van der Waals surface area contributed by atoms with E-state index in [-0.39, 0.29) is 7.33 Å². The fourth-order valence-electron chi connectivity index (χ4n) is 1.48. The number of benzene rings is 1. The summed E-state index contributed by atoms with van der Waals surface area (Å²) in [6, 6.07) is 6.17. The molecule has 0 atom stereocenters. The molecular formula is C10H13NO. The summed E-state index contributed by atoms with van der Waals surface area (Å²) in [5.41, 5.74) is 3.40. The van der Waals surface area contributed by atoms with Crippen molar-refractivity contribution >= 4 is 11.6 Å². The number of carbonyl (C=O) groups excluding carboxylic acids is 1. The lowest BCUT2D eigenvalue weighted by molar-refractivity contribution is -0.115. The van der Waals surface area contributed by atoms with Gasteiger partial charge in [-0.05, 0) is 23.6 Å². The molecule has 0 aliphatic carbocycles. The summed E-state index contributed by atoms with van der Waals surface area (Å²) in [7, 11) is 0. The fraction of sp³-hybridized carbons (Fsp3) is 0.300. The van der Waals surface area contributed by atoms with Crippen LogP contribution in [0.5, 0.6) is 0 Å². The van der Waals surface area contributed by atoms with Gasteiger partial charge in [-0.1, -0.05) is 19.1 Å². The van der Waals surface area contributed by atoms with Gasteiger partial charge in [-0.25, -0.2) is 0 Å².